The molecule has 0 fully saturated rings. The van der Waals surface area contributed by atoms with Gasteiger partial charge >= 0.3 is 0 Å². The molecule has 0 spiro atoms. The lowest BCUT2D eigenvalue weighted by Crippen LogP contribution is -2.33. The quantitative estimate of drug-likeness (QED) is 0.778. The zero-order chi connectivity index (χ0) is 14.5. The maximum absolute atomic E-state index is 5.80. The molecule has 3 heteroatoms. The third-order valence-electron chi connectivity index (χ3n) is 3.61. The Kier molecular flexibility index (Phi) is 5.44. The summed E-state index contributed by atoms with van der Waals surface area (Å²) in [7, 11) is 0. The van der Waals surface area contributed by atoms with Gasteiger partial charge in [0.25, 0.3) is 0 Å². The van der Waals surface area contributed by atoms with E-state index in [1.165, 1.54) is 10.8 Å². The Hall–Kier alpha value is -1.06. The molecule has 0 heterocycles. The lowest BCUT2D eigenvalue weighted by molar-refractivity contribution is 0.297. The lowest BCUT2D eigenvalue weighted by Gasteiger charge is -2.17. The highest BCUT2D eigenvalue weighted by Gasteiger charge is 2.05. The summed E-state index contributed by atoms with van der Waals surface area (Å²) in [6.07, 6.45) is 0. The van der Waals surface area contributed by atoms with E-state index in [-0.39, 0.29) is 0 Å². The number of hydrogen-bond donors (Lipinski definition) is 1. The van der Waals surface area contributed by atoms with Gasteiger partial charge in [-0.15, -0.1) is 0 Å². The van der Waals surface area contributed by atoms with E-state index in [1.54, 1.807) is 0 Å². The number of benzene rings is 2. The largest absolute Gasteiger partial charge is 0.492 e. The van der Waals surface area contributed by atoms with Crippen LogP contribution in [-0.2, 0) is 0 Å². The smallest absolute Gasteiger partial charge is 0.120 e. The topological polar surface area (TPSA) is 21.3 Å². The van der Waals surface area contributed by atoms with Gasteiger partial charge in [-0.1, -0.05) is 41.9 Å². The van der Waals surface area contributed by atoms with Crippen molar-refractivity contribution in [1.29, 1.82) is 0 Å². The number of nitrogens with one attached hydrogen (secondary N) is 1. The fraction of sp³-hybridized carbons (Fsp3) is 0.412. The Morgan fingerprint density at radius 2 is 1.75 bits per heavy atom. The molecule has 1 unspecified atom stereocenters. The van der Waals surface area contributed by atoms with Gasteiger partial charge in [0.2, 0.25) is 0 Å². The van der Waals surface area contributed by atoms with Crippen molar-refractivity contribution in [2.75, 3.05) is 13.2 Å². The number of rotatable bonds is 6. The highest BCUT2D eigenvalue weighted by molar-refractivity contribution is 9.10. The van der Waals surface area contributed by atoms with E-state index in [0.717, 1.165) is 16.8 Å². The van der Waals surface area contributed by atoms with Gasteiger partial charge in [-0.25, -0.2) is 0 Å². The molecule has 0 aliphatic carbocycles. The summed E-state index contributed by atoms with van der Waals surface area (Å²) in [5.74, 6) is 1.58. The fourth-order valence-corrected chi connectivity index (χ4v) is 2.35. The SMILES string of the molecule is CC(C)C(C)NCCOc1ccc2cc(Br)ccc2c1. The Morgan fingerprint density at radius 1 is 1.05 bits per heavy atom. The molecule has 2 rings (SSSR count). The Bertz CT molecular complexity index is 568. The first-order valence-electron chi connectivity index (χ1n) is 7.12. The molecular formula is C17H22BrNO. The van der Waals surface area contributed by atoms with Gasteiger partial charge in [-0.2, -0.15) is 0 Å². The second kappa shape index (κ2) is 7.09. The molecule has 0 radical (unpaired) electrons. The molecule has 0 aliphatic rings. The standard InChI is InChI=1S/C17H22BrNO/c1-12(2)13(3)19-8-9-20-17-7-5-14-10-16(18)6-4-15(14)11-17/h4-7,10-13,19H,8-9H2,1-3H3. The average Bonchev–Trinajstić information content (AvgIpc) is 2.43. The summed E-state index contributed by atoms with van der Waals surface area (Å²) in [6.45, 7) is 8.22. The van der Waals surface area contributed by atoms with Crippen molar-refractivity contribution in [3.8, 4) is 5.75 Å². The number of fused-ring (bicyclic) bond motifs is 1. The molecule has 2 aromatic rings. The normalized spacial score (nSPS) is 12.8. The molecule has 0 saturated carbocycles. The predicted molar refractivity (Wildman–Crippen MR) is 89.4 cm³/mol. The van der Waals surface area contributed by atoms with Gasteiger partial charge < -0.3 is 10.1 Å². The molecule has 2 nitrogen and oxygen atoms in total. The monoisotopic (exact) mass is 335 g/mol. The number of ether oxygens (including phenoxy) is 1. The van der Waals surface area contributed by atoms with E-state index in [2.05, 4.69) is 72.3 Å². The summed E-state index contributed by atoms with van der Waals surface area (Å²) < 4.78 is 6.90. The van der Waals surface area contributed by atoms with Crippen LogP contribution in [0, 0.1) is 5.92 Å². The summed E-state index contributed by atoms with van der Waals surface area (Å²) in [5, 5.41) is 5.89. The minimum atomic E-state index is 0.521. The molecule has 0 bridgehead atoms. The van der Waals surface area contributed by atoms with Crippen molar-refractivity contribution in [2.24, 2.45) is 5.92 Å². The summed E-state index contributed by atoms with van der Waals surface area (Å²) in [4.78, 5) is 0. The maximum Gasteiger partial charge on any atom is 0.120 e. The van der Waals surface area contributed by atoms with Crippen LogP contribution in [0.5, 0.6) is 5.75 Å². The fourth-order valence-electron chi connectivity index (χ4n) is 1.98. The minimum Gasteiger partial charge on any atom is -0.492 e. The van der Waals surface area contributed by atoms with Gasteiger partial charge in [0.15, 0.2) is 0 Å². The third kappa shape index (κ3) is 4.22. The van der Waals surface area contributed by atoms with Gasteiger partial charge in [0, 0.05) is 17.1 Å². The Labute approximate surface area is 129 Å². The van der Waals surface area contributed by atoms with E-state index in [9.17, 15) is 0 Å². The van der Waals surface area contributed by atoms with E-state index in [4.69, 9.17) is 4.74 Å². The molecule has 1 atom stereocenters. The minimum absolute atomic E-state index is 0.521. The molecule has 0 saturated heterocycles. The van der Waals surface area contributed by atoms with Crippen molar-refractivity contribution >= 4 is 26.7 Å². The van der Waals surface area contributed by atoms with Gasteiger partial charge in [0.05, 0.1) is 0 Å². The summed E-state index contributed by atoms with van der Waals surface area (Å²) >= 11 is 3.49. The maximum atomic E-state index is 5.80. The van der Waals surface area contributed by atoms with Crippen LogP contribution >= 0.6 is 15.9 Å². The first-order chi connectivity index (χ1) is 9.56. The van der Waals surface area contributed by atoms with E-state index >= 15 is 0 Å². The predicted octanol–water partition coefficient (Wildman–Crippen LogP) is 4.62. The van der Waals surface area contributed by atoms with Crippen molar-refractivity contribution in [1.82, 2.24) is 5.32 Å². The van der Waals surface area contributed by atoms with Crippen LogP contribution in [0.3, 0.4) is 0 Å². The molecule has 108 valence electrons. The van der Waals surface area contributed by atoms with E-state index in [1.807, 2.05) is 6.07 Å². The molecule has 0 amide bonds. The first kappa shape index (κ1) is 15.3. The Balaban J connectivity index is 1.89. The van der Waals surface area contributed by atoms with Crippen molar-refractivity contribution in [3.63, 3.8) is 0 Å². The molecule has 0 aromatic heterocycles. The second-order valence-electron chi connectivity index (χ2n) is 5.49. The number of hydrogen-bond acceptors (Lipinski definition) is 2. The summed E-state index contributed by atoms with van der Waals surface area (Å²) in [6, 6.07) is 13.0. The van der Waals surface area contributed by atoms with Crippen LogP contribution in [0.25, 0.3) is 10.8 Å². The third-order valence-corrected chi connectivity index (χ3v) is 4.10. The molecule has 1 N–H and O–H groups in total. The van der Waals surface area contributed by atoms with Crippen LogP contribution in [0.1, 0.15) is 20.8 Å². The van der Waals surface area contributed by atoms with Crippen LogP contribution in [-0.4, -0.2) is 19.2 Å². The second-order valence-corrected chi connectivity index (χ2v) is 6.40. The van der Waals surface area contributed by atoms with Crippen molar-refractivity contribution in [2.45, 2.75) is 26.8 Å². The lowest BCUT2D eigenvalue weighted by atomic mass is 10.1. The zero-order valence-corrected chi connectivity index (χ0v) is 13.9. The van der Waals surface area contributed by atoms with Gasteiger partial charge in [-0.05, 0) is 47.9 Å². The highest BCUT2D eigenvalue weighted by atomic mass is 79.9. The van der Waals surface area contributed by atoms with Crippen molar-refractivity contribution < 1.29 is 4.74 Å². The average molecular weight is 336 g/mol. The van der Waals surface area contributed by atoms with Gasteiger partial charge in [-0.3, -0.25) is 0 Å². The van der Waals surface area contributed by atoms with E-state index in [0.29, 0.717) is 18.6 Å². The van der Waals surface area contributed by atoms with Crippen LogP contribution in [0.15, 0.2) is 40.9 Å². The van der Waals surface area contributed by atoms with Gasteiger partial charge in [0.1, 0.15) is 12.4 Å². The molecule has 0 aliphatic heterocycles. The van der Waals surface area contributed by atoms with E-state index < -0.39 is 0 Å². The zero-order valence-electron chi connectivity index (χ0n) is 12.3. The van der Waals surface area contributed by atoms with Crippen LogP contribution in [0.2, 0.25) is 0 Å². The highest BCUT2D eigenvalue weighted by Crippen LogP contribution is 2.24. The van der Waals surface area contributed by atoms with Crippen LogP contribution in [0.4, 0.5) is 0 Å². The molecule has 20 heavy (non-hydrogen) atoms. The first-order valence-corrected chi connectivity index (χ1v) is 7.91. The summed E-state index contributed by atoms with van der Waals surface area (Å²) in [5.41, 5.74) is 0. The molecule has 2 aromatic carbocycles. The Morgan fingerprint density at radius 3 is 2.50 bits per heavy atom. The molecular weight excluding hydrogens is 314 g/mol. The number of halogens is 1. The van der Waals surface area contributed by atoms with Crippen molar-refractivity contribution in [3.05, 3.63) is 40.9 Å². The van der Waals surface area contributed by atoms with Crippen LogP contribution < -0.4 is 10.1 Å².